The molecule has 0 amide bonds. The quantitative estimate of drug-likeness (QED) is 0.603. The molecule has 1 aromatic heterocycles. The number of aromatic nitrogens is 1. The molecule has 0 saturated carbocycles. The highest BCUT2D eigenvalue weighted by molar-refractivity contribution is 5.28. The zero-order valence-corrected chi connectivity index (χ0v) is 7.92. The molecule has 0 aliphatic rings. The molecule has 0 spiro atoms. The predicted octanol–water partition coefficient (Wildman–Crippen LogP) is -0.557. The maximum absolute atomic E-state index is 9.65. The van der Waals surface area contributed by atoms with E-state index in [2.05, 4.69) is 4.98 Å². The van der Waals surface area contributed by atoms with Gasteiger partial charge in [0.2, 0.25) is 5.88 Å². The summed E-state index contributed by atoms with van der Waals surface area (Å²) in [6.45, 7) is -0.0147. The van der Waals surface area contributed by atoms with Gasteiger partial charge < -0.3 is 20.7 Å². The fraction of sp³-hybridized carbons (Fsp3) is 0.444. The van der Waals surface area contributed by atoms with Crippen LogP contribution in [-0.2, 0) is 0 Å². The second-order valence-corrected chi connectivity index (χ2v) is 2.85. The van der Waals surface area contributed by atoms with Gasteiger partial charge in [0.05, 0.1) is 13.2 Å². The summed E-state index contributed by atoms with van der Waals surface area (Å²) in [6.07, 6.45) is -0.527. The van der Waals surface area contributed by atoms with Crippen LogP contribution in [0.4, 0.5) is 0 Å². The molecule has 14 heavy (non-hydrogen) atoms. The van der Waals surface area contributed by atoms with Gasteiger partial charge in [-0.25, -0.2) is 4.98 Å². The minimum atomic E-state index is -1.07. The normalized spacial score (nSPS) is 14.9. The molecule has 1 heterocycles. The van der Waals surface area contributed by atoms with Crippen molar-refractivity contribution >= 4 is 0 Å². The van der Waals surface area contributed by atoms with Crippen LogP contribution >= 0.6 is 0 Å². The number of aliphatic hydroxyl groups is 2. The molecule has 1 rings (SSSR count). The summed E-state index contributed by atoms with van der Waals surface area (Å²) in [4.78, 5) is 3.90. The Balaban J connectivity index is 2.93. The second-order valence-electron chi connectivity index (χ2n) is 2.85. The minimum absolute atomic E-state index is 0.0147. The summed E-state index contributed by atoms with van der Waals surface area (Å²) >= 11 is 0. The van der Waals surface area contributed by atoms with Gasteiger partial charge in [0.1, 0.15) is 6.10 Å². The van der Waals surface area contributed by atoms with Crippen LogP contribution in [0.1, 0.15) is 11.7 Å². The summed E-state index contributed by atoms with van der Waals surface area (Å²) in [5.74, 6) is 0.299. The van der Waals surface area contributed by atoms with Crippen molar-refractivity contribution in [1.29, 1.82) is 0 Å². The fourth-order valence-corrected chi connectivity index (χ4v) is 1.14. The van der Waals surface area contributed by atoms with Crippen LogP contribution in [0.2, 0.25) is 0 Å². The zero-order chi connectivity index (χ0) is 10.6. The highest BCUT2D eigenvalue weighted by Crippen LogP contribution is 2.24. The monoisotopic (exact) mass is 198 g/mol. The average molecular weight is 198 g/mol. The van der Waals surface area contributed by atoms with E-state index in [1.54, 1.807) is 18.3 Å². The molecule has 2 atom stereocenters. The van der Waals surface area contributed by atoms with Crippen molar-refractivity contribution in [2.75, 3.05) is 13.7 Å². The number of aliphatic hydroxyl groups excluding tert-OH is 2. The largest absolute Gasteiger partial charge is 0.481 e. The van der Waals surface area contributed by atoms with Gasteiger partial charge in [-0.3, -0.25) is 0 Å². The molecule has 0 radical (unpaired) electrons. The Morgan fingerprint density at radius 1 is 1.57 bits per heavy atom. The number of nitrogens with two attached hydrogens (primary N) is 1. The number of hydrogen-bond donors (Lipinski definition) is 3. The molecule has 0 saturated heterocycles. The molecule has 5 nitrogen and oxygen atoms in total. The van der Waals surface area contributed by atoms with Crippen molar-refractivity contribution in [3.8, 4) is 5.88 Å². The minimum Gasteiger partial charge on any atom is -0.481 e. The smallest absolute Gasteiger partial charge is 0.218 e. The molecule has 0 aliphatic carbocycles. The van der Waals surface area contributed by atoms with Crippen LogP contribution in [0.25, 0.3) is 0 Å². The summed E-state index contributed by atoms with van der Waals surface area (Å²) in [7, 11) is 1.45. The average Bonchev–Trinajstić information content (AvgIpc) is 2.26. The van der Waals surface area contributed by atoms with Crippen LogP contribution in [0.3, 0.4) is 0 Å². The van der Waals surface area contributed by atoms with E-state index in [4.69, 9.17) is 10.5 Å². The van der Waals surface area contributed by atoms with Crippen LogP contribution < -0.4 is 10.5 Å². The van der Waals surface area contributed by atoms with E-state index in [1.165, 1.54) is 7.11 Å². The van der Waals surface area contributed by atoms with Crippen molar-refractivity contribution in [2.45, 2.75) is 12.2 Å². The third kappa shape index (κ3) is 2.20. The van der Waals surface area contributed by atoms with Gasteiger partial charge in [-0.15, -0.1) is 0 Å². The van der Waals surface area contributed by atoms with E-state index in [0.717, 1.165) is 0 Å². The van der Waals surface area contributed by atoms with E-state index in [1.807, 2.05) is 0 Å². The van der Waals surface area contributed by atoms with Crippen LogP contribution in [0.15, 0.2) is 18.3 Å². The molecular weight excluding hydrogens is 184 g/mol. The SMILES string of the molecule is COc1ncccc1C(O)C(O)CN. The lowest BCUT2D eigenvalue weighted by molar-refractivity contribution is 0.0226. The van der Waals surface area contributed by atoms with Crippen LogP contribution in [-0.4, -0.2) is 35.0 Å². The Bertz CT molecular complexity index is 293. The summed E-state index contributed by atoms with van der Waals surface area (Å²) < 4.78 is 4.94. The molecule has 0 fully saturated rings. The number of pyridine rings is 1. The molecule has 1 aromatic rings. The van der Waals surface area contributed by atoms with E-state index in [0.29, 0.717) is 11.4 Å². The predicted molar refractivity (Wildman–Crippen MR) is 50.8 cm³/mol. The Labute approximate surface area is 82.2 Å². The summed E-state index contributed by atoms with van der Waals surface area (Å²) in [6, 6.07) is 3.29. The van der Waals surface area contributed by atoms with Crippen LogP contribution in [0.5, 0.6) is 5.88 Å². The van der Waals surface area contributed by atoms with E-state index in [9.17, 15) is 10.2 Å². The molecular formula is C9H14N2O3. The van der Waals surface area contributed by atoms with Crippen molar-refractivity contribution in [2.24, 2.45) is 5.73 Å². The summed E-state index contributed by atoms with van der Waals surface area (Å²) in [5, 5.41) is 19.0. The summed E-state index contributed by atoms with van der Waals surface area (Å²) in [5.41, 5.74) is 5.67. The lowest BCUT2D eigenvalue weighted by Crippen LogP contribution is -2.27. The molecule has 0 aliphatic heterocycles. The standard InChI is InChI=1S/C9H14N2O3/c1-14-9-6(3-2-4-11-9)8(13)7(12)5-10/h2-4,7-8,12-13H,5,10H2,1H3. The van der Waals surface area contributed by atoms with E-state index < -0.39 is 12.2 Å². The number of ether oxygens (including phenoxy) is 1. The van der Waals surface area contributed by atoms with Crippen LogP contribution in [0, 0.1) is 0 Å². The Hall–Kier alpha value is -1.17. The van der Waals surface area contributed by atoms with Gasteiger partial charge in [0.25, 0.3) is 0 Å². The fourth-order valence-electron chi connectivity index (χ4n) is 1.14. The maximum Gasteiger partial charge on any atom is 0.218 e. The first kappa shape index (κ1) is 10.9. The number of rotatable bonds is 4. The first-order valence-corrected chi connectivity index (χ1v) is 4.25. The van der Waals surface area contributed by atoms with E-state index >= 15 is 0 Å². The van der Waals surface area contributed by atoms with E-state index in [-0.39, 0.29) is 6.54 Å². The molecule has 5 heteroatoms. The van der Waals surface area contributed by atoms with Crippen molar-refractivity contribution < 1.29 is 14.9 Å². The Morgan fingerprint density at radius 2 is 2.29 bits per heavy atom. The van der Waals surface area contributed by atoms with Gasteiger partial charge >= 0.3 is 0 Å². The molecule has 4 N–H and O–H groups in total. The second kappa shape index (κ2) is 4.90. The lowest BCUT2D eigenvalue weighted by Gasteiger charge is -2.17. The van der Waals surface area contributed by atoms with Gasteiger partial charge in [-0.05, 0) is 12.1 Å². The number of hydrogen-bond acceptors (Lipinski definition) is 5. The zero-order valence-electron chi connectivity index (χ0n) is 7.92. The van der Waals surface area contributed by atoms with Crippen molar-refractivity contribution in [3.63, 3.8) is 0 Å². The first-order valence-electron chi connectivity index (χ1n) is 4.25. The van der Waals surface area contributed by atoms with Gasteiger partial charge in [0.15, 0.2) is 0 Å². The van der Waals surface area contributed by atoms with Gasteiger partial charge in [0, 0.05) is 18.3 Å². The maximum atomic E-state index is 9.65. The van der Waals surface area contributed by atoms with Gasteiger partial charge in [-0.2, -0.15) is 0 Å². The topological polar surface area (TPSA) is 88.6 Å². The third-order valence-corrected chi connectivity index (χ3v) is 1.92. The number of nitrogens with zero attached hydrogens (tertiary/aromatic N) is 1. The van der Waals surface area contributed by atoms with Gasteiger partial charge in [-0.1, -0.05) is 0 Å². The van der Waals surface area contributed by atoms with Crippen molar-refractivity contribution in [3.05, 3.63) is 23.9 Å². The highest BCUT2D eigenvalue weighted by Gasteiger charge is 2.20. The highest BCUT2D eigenvalue weighted by atomic mass is 16.5. The Morgan fingerprint density at radius 3 is 2.86 bits per heavy atom. The molecule has 78 valence electrons. The van der Waals surface area contributed by atoms with Crippen molar-refractivity contribution in [1.82, 2.24) is 4.98 Å². The molecule has 2 unspecified atom stereocenters. The molecule has 0 aromatic carbocycles. The molecule has 0 bridgehead atoms. The Kier molecular flexibility index (Phi) is 3.82. The number of methoxy groups -OCH3 is 1. The lowest BCUT2D eigenvalue weighted by atomic mass is 10.1. The first-order chi connectivity index (χ1) is 6.70. The third-order valence-electron chi connectivity index (χ3n) is 1.92.